The van der Waals surface area contributed by atoms with Gasteiger partial charge in [0.25, 0.3) is 0 Å². The van der Waals surface area contributed by atoms with Crippen LogP contribution in [0.25, 0.3) is 0 Å². The first-order valence-electron chi connectivity index (χ1n) is 9.90. The molecule has 1 fully saturated rings. The van der Waals surface area contributed by atoms with Gasteiger partial charge in [-0.15, -0.1) is 13.2 Å². The van der Waals surface area contributed by atoms with Crippen LogP contribution in [-0.2, 0) is 16.2 Å². The molecule has 1 aliphatic carbocycles. The molecule has 0 amide bonds. The molecular formula is C21H21F6NO3S. The van der Waals surface area contributed by atoms with Crippen LogP contribution in [0, 0.1) is 5.92 Å². The van der Waals surface area contributed by atoms with Crippen LogP contribution >= 0.6 is 0 Å². The van der Waals surface area contributed by atoms with Crippen molar-refractivity contribution in [3.05, 3.63) is 59.7 Å². The predicted octanol–water partition coefficient (Wildman–Crippen LogP) is 6.20. The lowest BCUT2D eigenvalue weighted by Gasteiger charge is -2.31. The van der Waals surface area contributed by atoms with Gasteiger partial charge in [0.05, 0.1) is 10.5 Å². The molecule has 176 valence electrons. The number of hydrogen-bond acceptors (Lipinski definition) is 3. The van der Waals surface area contributed by atoms with Crippen molar-refractivity contribution >= 4 is 10.0 Å². The Morgan fingerprint density at radius 2 is 1.53 bits per heavy atom. The normalized spacial score (nSPS) is 17.2. The highest BCUT2D eigenvalue weighted by atomic mass is 32.2. The molecule has 0 unspecified atom stereocenters. The lowest BCUT2D eigenvalue weighted by molar-refractivity contribution is -0.274. The van der Waals surface area contributed by atoms with E-state index in [0.717, 1.165) is 55.7 Å². The second-order valence-corrected chi connectivity index (χ2v) is 9.35. The fraction of sp³-hybridized carbons (Fsp3) is 0.429. The van der Waals surface area contributed by atoms with E-state index in [-0.39, 0.29) is 16.4 Å². The lowest BCUT2D eigenvalue weighted by Crippen LogP contribution is -2.34. The number of sulfonamides is 1. The Morgan fingerprint density at radius 3 is 2.09 bits per heavy atom. The largest absolute Gasteiger partial charge is 0.573 e. The minimum absolute atomic E-state index is 0.187. The highest BCUT2D eigenvalue weighted by Gasteiger charge is 2.34. The van der Waals surface area contributed by atoms with E-state index < -0.39 is 39.9 Å². The Balaban J connectivity index is 1.91. The molecule has 32 heavy (non-hydrogen) atoms. The van der Waals surface area contributed by atoms with Crippen LogP contribution in [0.1, 0.15) is 49.3 Å². The lowest BCUT2D eigenvalue weighted by atomic mass is 9.81. The number of hydrogen-bond donors (Lipinski definition) is 1. The first-order valence-corrected chi connectivity index (χ1v) is 11.4. The summed E-state index contributed by atoms with van der Waals surface area (Å²) >= 11 is 0. The summed E-state index contributed by atoms with van der Waals surface area (Å²) in [5.74, 6) is -0.798. The third kappa shape index (κ3) is 6.38. The molecule has 0 aromatic heterocycles. The van der Waals surface area contributed by atoms with Gasteiger partial charge in [0, 0.05) is 6.04 Å². The summed E-state index contributed by atoms with van der Waals surface area (Å²) in [6.45, 7) is 0. The second kappa shape index (κ2) is 9.30. The molecule has 0 saturated heterocycles. The van der Waals surface area contributed by atoms with Gasteiger partial charge in [0.2, 0.25) is 10.0 Å². The highest BCUT2D eigenvalue weighted by molar-refractivity contribution is 7.89. The molecule has 0 aliphatic heterocycles. The Labute approximate surface area is 181 Å². The van der Waals surface area contributed by atoms with E-state index in [1.165, 1.54) is 12.1 Å². The first-order chi connectivity index (χ1) is 14.9. The van der Waals surface area contributed by atoms with Crippen LogP contribution in [0.15, 0.2) is 53.4 Å². The third-order valence-electron chi connectivity index (χ3n) is 5.34. The molecule has 1 N–H and O–H groups in total. The summed E-state index contributed by atoms with van der Waals surface area (Å²) in [5.41, 5.74) is -0.698. The Morgan fingerprint density at radius 1 is 0.906 bits per heavy atom. The standard InChI is InChI=1S/C21H21F6NO3S/c22-20(23,24)16-8-4-7-15(13-16)19(14-5-2-1-3-6-14)28-32(29,30)18-11-9-17(10-12-18)31-21(25,26)27/h4,7-14,19,28H,1-3,5-6H2/t19-/m1/s1. The summed E-state index contributed by atoms with van der Waals surface area (Å²) < 4.78 is 109. The van der Waals surface area contributed by atoms with E-state index in [1.807, 2.05) is 0 Å². The van der Waals surface area contributed by atoms with E-state index in [2.05, 4.69) is 9.46 Å². The Kier molecular flexibility index (Phi) is 7.09. The quantitative estimate of drug-likeness (QED) is 0.500. The molecule has 0 radical (unpaired) electrons. The Hall–Kier alpha value is -2.27. The Bertz CT molecular complexity index is 1010. The molecule has 4 nitrogen and oxygen atoms in total. The van der Waals surface area contributed by atoms with Crippen molar-refractivity contribution in [3.63, 3.8) is 0 Å². The van der Waals surface area contributed by atoms with Gasteiger partial charge in [0.1, 0.15) is 5.75 Å². The first kappa shape index (κ1) is 24.4. The van der Waals surface area contributed by atoms with Crippen LogP contribution in [0.5, 0.6) is 5.75 Å². The number of ether oxygens (including phenoxy) is 1. The zero-order valence-electron chi connectivity index (χ0n) is 16.7. The zero-order valence-corrected chi connectivity index (χ0v) is 17.5. The van der Waals surface area contributed by atoms with E-state index >= 15 is 0 Å². The fourth-order valence-electron chi connectivity index (χ4n) is 3.87. The van der Waals surface area contributed by atoms with Gasteiger partial charge in [0.15, 0.2) is 0 Å². The summed E-state index contributed by atoms with van der Waals surface area (Å²) in [4.78, 5) is -0.320. The van der Waals surface area contributed by atoms with Crippen LogP contribution < -0.4 is 9.46 Å². The monoisotopic (exact) mass is 481 g/mol. The molecule has 0 spiro atoms. The fourth-order valence-corrected chi connectivity index (χ4v) is 5.16. The van der Waals surface area contributed by atoms with Gasteiger partial charge >= 0.3 is 12.5 Å². The average Bonchev–Trinajstić information content (AvgIpc) is 2.71. The number of rotatable bonds is 6. The van der Waals surface area contributed by atoms with E-state index in [1.54, 1.807) is 0 Å². The predicted molar refractivity (Wildman–Crippen MR) is 104 cm³/mol. The molecule has 0 heterocycles. The van der Waals surface area contributed by atoms with Crippen LogP contribution in [0.2, 0.25) is 0 Å². The SMILES string of the molecule is O=S(=O)(N[C@@H](c1cccc(C(F)(F)F)c1)C1CCCCC1)c1ccc(OC(F)(F)F)cc1. The van der Waals surface area contributed by atoms with Gasteiger partial charge in [-0.05, 0) is 60.7 Å². The summed E-state index contributed by atoms with van der Waals surface area (Å²) in [7, 11) is -4.23. The maximum absolute atomic E-state index is 13.2. The minimum Gasteiger partial charge on any atom is -0.406 e. The van der Waals surface area contributed by atoms with Gasteiger partial charge < -0.3 is 4.74 Å². The maximum Gasteiger partial charge on any atom is 0.573 e. The van der Waals surface area contributed by atoms with Crippen molar-refractivity contribution < 1.29 is 39.5 Å². The van der Waals surface area contributed by atoms with Crippen LogP contribution in [-0.4, -0.2) is 14.8 Å². The van der Waals surface area contributed by atoms with E-state index in [0.29, 0.717) is 12.8 Å². The molecule has 2 aromatic carbocycles. The van der Waals surface area contributed by atoms with Crippen LogP contribution in [0.3, 0.4) is 0 Å². The topological polar surface area (TPSA) is 55.4 Å². The van der Waals surface area contributed by atoms with E-state index in [4.69, 9.17) is 0 Å². The second-order valence-electron chi connectivity index (χ2n) is 7.64. The molecule has 0 bridgehead atoms. The molecule has 1 atom stereocenters. The minimum atomic E-state index is -4.92. The van der Waals surface area contributed by atoms with Crippen molar-refractivity contribution in [1.29, 1.82) is 0 Å². The van der Waals surface area contributed by atoms with Crippen molar-refractivity contribution in [2.45, 2.75) is 55.6 Å². The number of nitrogens with one attached hydrogen (secondary N) is 1. The molecule has 3 rings (SSSR count). The average molecular weight is 481 g/mol. The number of benzene rings is 2. The van der Waals surface area contributed by atoms with Gasteiger partial charge in [-0.25, -0.2) is 13.1 Å². The van der Waals surface area contributed by atoms with Crippen molar-refractivity contribution in [2.75, 3.05) is 0 Å². The number of halogens is 6. The zero-order chi connectivity index (χ0) is 23.6. The van der Waals surface area contributed by atoms with Crippen molar-refractivity contribution in [1.82, 2.24) is 4.72 Å². The molecule has 11 heteroatoms. The molecular weight excluding hydrogens is 460 g/mol. The maximum atomic E-state index is 13.2. The smallest absolute Gasteiger partial charge is 0.406 e. The summed E-state index contributed by atoms with van der Waals surface area (Å²) in [5, 5.41) is 0. The van der Waals surface area contributed by atoms with Crippen LogP contribution in [0.4, 0.5) is 26.3 Å². The van der Waals surface area contributed by atoms with Crippen molar-refractivity contribution in [2.24, 2.45) is 5.92 Å². The van der Waals surface area contributed by atoms with Gasteiger partial charge in [-0.1, -0.05) is 31.4 Å². The van der Waals surface area contributed by atoms with Gasteiger partial charge in [-0.2, -0.15) is 13.2 Å². The molecule has 1 aliphatic rings. The van der Waals surface area contributed by atoms with Crippen molar-refractivity contribution in [3.8, 4) is 5.75 Å². The molecule has 2 aromatic rings. The highest BCUT2D eigenvalue weighted by Crippen LogP contribution is 2.38. The number of alkyl halides is 6. The summed E-state index contributed by atoms with van der Waals surface area (Å²) in [6, 6.07) is 7.24. The van der Waals surface area contributed by atoms with Gasteiger partial charge in [-0.3, -0.25) is 0 Å². The third-order valence-corrected chi connectivity index (χ3v) is 6.80. The summed E-state index contributed by atoms with van der Waals surface area (Å²) in [6.07, 6.45) is -5.62. The molecule has 1 saturated carbocycles. The van der Waals surface area contributed by atoms with E-state index in [9.17, 15) is 34.8 Å².